The van der Waals surface area contributed by atoms with Gasteiger partial charge >= 0.3 is 17.9 Å². The van der Waals surface area contributed by atoms with E-state index in [9.17, 15) is 14.4 Å². The summed E-state index contributed by atoms with van der Waals surface area (Å²) < 4.78 is 16.7. The molecular formula is C54H94O6. The zero-order chi connectivity index (χ0) is 43.7. The first kappa shape index (κ1) is 57.1. The quantitative estimate of drug-likeness (QED) is 0.0263. The SMILES string of the molecule is CC\C=C/C=C\C=C/CCCCCCCCCC(=O)OC(COC(=O)CCCCC/C=C\C=C/CCCC)COC(=O)CCCCCCCCCCCCCCCCCC. The molecule has 0 fully saturated rings. The van der Waals surface area contributed by atoms with Gasteiger partial charge in [0.2, 0.25) is 0 Å². The van der Waals surface area contributed by atoms with Crippen LogP contribution in [0.25, 0.3) is 0 Å². The highest BCUT2D eigenvalue weighted by Crippen LogP contribution is 2.15. The lowest BCUT2D eigenvalue weighted by Gasteiger charge is -2.18. The number of allylic oxidation sites excluding steroid dienone is 10. The minimum atomic E-state index is -0.788. The van der Waals surface area contributed by atoms with E-state index in [1.807, 2.05) is 0 Å². The maximum absolute atomic E-state index is 12.8. The zero-order valence-electron chi connectivity index (χ0n) is 39.5. The standard InChI is InChI=1S/C54H94O6/c1-4-7-10-13-16-19-22-24-26-28-29-32-35-38-41-44-47-53(56)59-50-51(49-58-52(55)46-43-40-37-34-31-21-18-15-12-9-6-3)60-54(57)48-45-42-39-36-33-30-27-25-23-20-17-14-11-8-5-2/h8,11,14-15,17-18,20-21,23,31,51H,4-7,9-10,12-13,16,19,22,24-30,32-50H2,1-3H3/b11-8-,17-14-,18-15-,23-20-,31-21-. The lowest BCUT2D eigenvalue weighted by atomic mass is 10.0. The number of esters is 3. The summed E-state index contributed by atoms with van der Waals surface area (Å²) in [6, 6.07) is 0. The fraction of sp³-hybridized carbons (Fsp3) is 0.759. The molecule has 0 aliphatic rings. The molecule has 0 rings (SSSR count). The summed E-state index contributed by atoms with van der Waals surface area (Å²) >= 11 is 0. The summed E-state index contributed by atoms with van der Waals surface area (Å²) in [5.41, 5.74) is 0. The zero-order valence-corrected chi connectivity index (χ0v) is 39.5. The molecule has 0 amide bonds. The van der Waals surface area contributed by atoms with Gasteiger partial charge in [-0.15, -0.1) is 0 Å². The van der Waals surface area contributed by atoms with Gasteiger partial charge < -0.3 is 14.2 Å². The minimum absolute atomic E-state index is 0.0860. The van der Waals surface area contributed by atoms with Crippen molar-refractivity contribution >= 4 is 17.9 Å². The fourth-order valence-corrected chi connectivity index (χ4v) is 7.01. The average molecular weight is 839 g/mol. The van der Waals surface area contributed by atoms with Crippen LogP contribution in [0.5, 0.6) is 0 Å². The molecule has 0 saturated carbocycles. The first-order valence-electron chi connectivity index (χ1n) is 25.3. The van der Waals surface area contributed by atoms with Crippen molar-refractivity contribution in [3.8, 4) is 0 Å². The maximum atomic E-state index is 12.8. The Morgan fingerprint density at radius 3 is 1.08 bits per heavy atom. The Bertz CT molecular complexity index is 1100. The van der Waals surface area contributed by atoms with Gasteiger partial charge in [-0.1, -0.05) is 229 Å². The Morgan fingerprint density at radius 1 is 0.350 bits per heavy atom. The van der Waals surface area contributed by atoms with Gasteiger partial charge in [-0.05, 0) is 57.8 Å². The molecule has 0 N–H and O–H groups in total. The van der Waals surface area contributed by atoms with E-state index in [0.29, 0.717) is 19.3 Å². The van der Waals surface area contributed by atoms with Gasteiger partial charge in [0, 0.05) is 19.3 Å². The van der Waals surface area contributed by atoms with E-state index < -0.39 is 6.10 Å². The number of carbonyl (C=O) groups is 3. The van der Waals surface area contributed by atoms with Gasteiger partial charge in [-0.25, -0.2) is 0 Å². The summed E-state index contributed by atoms with van der Waals surface area (Å²) in [5.74, 6) is -0.923. The Labute approximate surface area is 370 Å². The minimum Gasteiger partial charge on any atom is -0.462 e. The Hall–Kier alpha value is -2.89. The monoisotopic (exact) mass is 839 g/mol. The number of ether oxygens (including phenoxy) is 3. The number of hydrogen-bond acceptors (Lipinski definition) is 6. The highest BCUT2D eigenvalue weighted by atomic mass is 16.6. The molecule has 1 atom stereocenters. The van der Waals surface area contributed by atoms with Crippen molar-refractivity contribution in [1.29, 1.82) is 0 Å². The molecule has 0 bridgehead atoms. The third kappa shape index (κ3) is 46.2. The molecule has 0 radical (unpaired) electrons. The molecule has 0 heterocycles. The van der Waals surface area contributed by atoms with Crippen molar-refractivity contribution in [2.45, 2.75) is 252 Å². The van der Waals surface area contributed by atoms with E-state index in [4.69, 9.17) is 14.2 Å². The highest BCUT2D eigenvalue weighted by molar-refractivity contribution is 5.71. The van der Waals surface area contributed by atoms with Crippen LogP contribution in [0.1, 0.15) is 245 Å². The molecule has 0 aromatic carbocycles. The first-order chi connectivity index (χ1) is 29.5. The van der Waals surface area contributed by atoms with Crippen molar-refractivity contribution < 1.29 is 28.6 Å². The number of carbonyl (C=O) groups excluding carboxylic acids is 3. The van der Waals surface area contributed by atoms with Crippen LogP contribution in [-0.4, -0.2) is 37.2 Å². The van der Waals surface area contributed by atoms with Crippen LogP contribution < -0.4 is 0 Å². The van der Waals surface area contributed by atoms with Crippen molar-refractivity contribution in [2.24, 2.45) is 0 Å². The highest BCUT2D eigenvalue weighted by Gasteiger charge is 2.19. The molecule has 6 heteroatoms. The molecule has 0 aliphatic heterocycles. The number of rotatable bonds is 45. The lowest BCUT2D eigenvalue weighted by molar-refractivity contribution is -0.167. The van der Waals surface area contributed by atoms with Crippen LogP contribution in [-0.2, 0) is 28.6 Å². The van der Waals surface area contributed by atoms with E-state index in [1.54, 1.807) is 0 Å². The van der Waals surface area contributed by atoms with Crippen molar-refractivity contribution in [2.75, 3.05) is 13.2 Å². The molecule has 0 aliphatic carbocycles. The topological polar surface area (TPSA) is 78.9 Å². The smallest absolute Gasteiger partial charge is 0.306 e. The molecular weight excluding hydrogens is 745 g/mol. The van der Waals surface area contributed by atoms with Crippen LogP contribution in [0, 0.1) is 0 Å². The van der Waals surface area contributed by atoms with Gasteiger partial charge in [0.05, 0.1) is 0 Å². The van der Waals surface area contributed by atoms with E-state index in [0.717, 1.165) is 83.5 Å². The van der Waals surface area contributed by atoms with Gasteiger partial charge in [0.15, 0.2) is 6.10 Å². The van der Waals surface area contributed by atoms with Crippen LogP contribution in [0.4, 0.5) is 0 Å². The molecule has 0 saturated heterocycles. The van der Waals surface area contributed by atoms with Crippen molar-refractivity contribution in [3.63, 3.8) is 0 Å². The van der Waals surface area contributed by atoms with Crippen molar-refractivity contribution in [1.82, 2.24) is 0 Å². The maximum Gasteiger partial charge on any atom is 0.306 e. The average Bonchev–Trinajstić information content (AvgIpc) is 3.24. The number of hydrogen-bond donors (Lipinski definition) is 0. The molecule has 0 aromatic rings. The van der Waals surface area contributed by atoms with Gasteiger partial charge in [-0.2, -0.15) is 0 Å². The van der Waals surface area contributed by atoms with Crippen LogP contribution in [0.3, 0.4) is 0 Å². The summed E-state index contributed by atoms with van der Waals surface area (Å²) in [7, 11) is 0. The van der Waals surface area contributed by atoms with E-state index in [1.165, 1.54) is 122 Å². The van der Waals surface area contributed by atoms with Crippen molar-refractivity contribution in [3.05, 3.63) is 60.8 Å². The third-order valence-corrected chi connectivity index (χ3v) is 10.8. The normalized spacial score (nSPS) is 12.5. The molecule has 1 unspecified atom stereocenters. The van der Waals surface area contributed by atoms with Gasteiger partial charge in [-0.3, -0.25) is 14.4 Å². The summed E-state index contributed by atoms with van der Waals surface area (Å²) in [6.45, 7) is 6.43. The van der Waals surface area contributed by atoms with Crippen LogP contribution >= 0.6 is 0 Å². The Morgan fingerprint density at radius 2 is 0.667 bits per heavy atom. The Kier molecular flexibility index (Phi) is 46.4. The van der Waals surface area contributed by atoms with E-state index in [-0.39, 0.29) is 31.1 Å². The second-order valence-corrected chi connectivity index (χ2v) is 16.8. The summed E-state index contributed by atoms with van der Waals surface area (Å²) in [6.07, 6.45) is 59.2. The second-order valence-electron chi connectivity index (χ2n) is 16.8. The molecule has 0 spiro atoms. The molecule has 60 heavy (non-hydrogen) atoms. The summed E-state index contributed by atoms with van der Waals surface area (Å²) in [5, 5.41) is 0. The summed E-state index contributed by atoms with van der Waals surface area (Å²) in [4.78, 5) is 37.9. The lowest BCUT2D eigenvalue weighted by Crippen LogP contribution is -2.30. The predicted molar refractivity (Wildman–Crippen MR) is 256 cm³/mol. The third-order valence-electron chi connectivity index (χ3n) is 10.8. The molecule has 346 valence electrons. The second kappa shape index (κ2) is 48.8. The predicted octanol–water partition coefficient (Wildman–Crippen LogP) is 16.5. The Balaban J connectivity index is 4.38. The van der Waals surface area contributed by atoms with E-state index in [2.05, 4.69) is 81.5 Å². The van der Waals surface area contributed by atoms with Gasteiger partial charge in [0.1, 0.15) is 13.2 Å². The first-order valence-corrected chi connectivity index (χ1v) is 25.3. The molecule has 0 aromatic heterocycles. The molecule has 6 nitrogen and oxygen atoms in total. The van der Waals surface area contributed by atoms with Crippen LogP contribution in [0.15, 0.2) is 60.8 Å². The fourth-order valence-electron chi connectivity index (χ4n) is 7.01. The van der Waals surface area contributed by atoms with E-state index >= 15 is 0 Å². The number of unbranched alkanes of at least 4 members (excludes halogenated alkanes) is 27. The van der Waals surface area contributed by atoms with Crippen LogP contribution in [0.2, 0.25) is 0 Å². The van der Waals surface area contributed by atoms with Gasteiger partial charge in [0.25, 0.3) is 0 Å². The largest absolute Gasteiger partial charge is 0.462 e.